The molecule has 0 aliphatic rings. The molecule has 5 nitrogen and oxygen atoms in total. The Balaban J connectivity index is 2.97. The van der Waals surface area contributed by atoms with Gasteiger partial charge in [-0.15, -0.1) is 0 Å². The number of nitrogens with two attached hydrogens (primary N) is 1. The molecule has 0 saturated heterocycles. The first-order valence-corrected chi connectivity index (χ1v) is 6.22. The average Bonchev–Trinajstić information content (AvgIpc) is 2.26. The molecule has 18 heavy (non-hydrogen) atoms. The third-order valence-corrected chi connectivity index (χ3v) is 2.95. The molecule has 5 heteroatoms. The second-order valence-electron chi connectivity index (χ2n) is 5.08. The lowest BCUT2D eigenvalue weighted by molar-refractivity contribution is 0.679. The lowest BCUT2D eigenvalue weighted by atomic mass is 10.1. The van der Waals surface area contributed by atoms with Crippen LogP contribution in [0.2, 0.25) is 0 Å². The highest BCUT2D eigenvalue weighted by Crippen LogP contribution is 2.18. The fourth-order valence-electron chi connectivity index (χ4n) is 1.68. The number of hydrogen-bond donors (Lipinski definition) is 2. The average molecular weight is 249 g/mol. The highest BCUT2D eigenvalue weighted by molar-refractivity contribution is 5.77. The third-order valence-electron chi connectivity index (χ3n) is 2.95. The van der Waals surface area contributed by atoms with Gasteiger partial charge in [-0.1, -0.05) is 13.8 Å². The van der Waals surface area contributed by atoms with Crippen LogP contribution in [0.15, 0.2) is 6.07 Å². The Hall–Kier alpha value is -1.65. The number of amidine groups is 1. The minimum atomic E-state index is 0.115. The molecule has 0 aliphatic heterocycles. The van der Waals surface area contributed by atoms with Crippen molar-refractivity contribution in [3.63, 3.8) is 0 Å². The Morgan fingerprint density at radius 1 is 1.39 bits per heavy atom. The van der Waals surface area contributed by atoms with Crippen LogP contribution in [0.1, 0.15) is 44.5 Å². The maximum atomic E-state index is 7.34. The summed E-state index contributed by atoms with van der Waals surface area (Å²) >= 11 is 0. The van der Waals surface area contributed by atoms with E-state index < -0.39 is 0 Å². The van der Waals surface area contributed by atoms with Gasteiger partial charge in [0.25, 0.3) is 0 Å². The molecule has 100 valence electrons. The molecule has 0 aromatic carbocycles. The number of rotatable bonds is 5. The van der Waals surface area contributed by atoms with Crippen LogP contribution < -0.4 is 10.6 Å². The molecule has 0 radical (unpaired) electrons. The van der Waals surface area contributed by atoms with E-state index in [4.69, 9.17) is 11.1 Å². The predicted molar refractivity (Wildman–Crippen MR) is 75.3 cm³/mol. The molecule has 0 fully saturated rings. The summed E-state index contributed by atoms with van der Waals surface area (Å²) < 4.78 is 0. The number of anilines is 1. The molecule has 1 atom stereocenters. The predicted octanol–water partition coefficient (Wildman–Crippen LogP) is 2.06. The smallest absolute Gasteiger partial charge is 0.225 e. The van der Waals surface area contributed by atoms with Gasteiger partial charge < -0.3 is 10.6 Å². The number of nitrogens with zero attached hydrogens (tertiary/aromatic N) is 3. The Morgan fingerprint density at radius 3 is 2.50 bits per heavy atom. The van der Waals surface area contributed by atoms with Gasteiger partial charge in [0.1, 0.15) is 0 Å². The van der Waals surface area contributed by atoms with E-state index in [-0.39, 0.29) is 11.9 Å². The zero-order valence-corrected chi connectivity index (χ0v) is 11.9. The van der Waals surface area contributed by atoms with E-state index in [1.54, 1.807) is 0 Å². The van der Waals surface area contributed by atoms with Gasteiger partial charge in [-0.25, -0.2) is 9.97 Å². The van der Waals surface area contributed by atoms with Crippen molar-refractivity contribution >= 4 is 11.8 Å². The van der Waals surface area contributed by atoms with Crippen LogP contribution in [0.4, 0.5) is 5.95 Å². The number of aryl methyl sites for hydroxylation is 1. The molecular formula is C13H23N5. The van der Waals surface area contributed by atoms with Crippen molar-refractivity contribution in [2.24, 2.45) is 5.73 Å². The fraction of sp³-hybridized carbons (Fsp3) is 0.615. The molecule has 0 bridgehead atoms. The summed E-state index contributed by atoms with van der Waals surface area (Å²) in [6.07, 6.45) is 0.519. The van der Waals surface area contributed by atoms with Gasteiger partial charge in [0.2, 0.25) is 5.95 Å². The molecule has 1 aromatic rings. The first-order valence-electron chi connectivity index (χ1n) is 6.22. The quantitative estimate of drug-likeness (QED) is 0.618. The first-order chi connectivity index (χ1) is 8.31. The number of hydrogen-bond acceptors (Lipinski definition) is 4. The van der Waals surface area contributed by atoms with Gasteiger partial charge >= 0.3 is 0 Å². The van der Waals surface area contributed by atoms with E-state index in [0.29, 0.717) is 18.3 Å². The van der Waals surface area contributed by atoms with Gasteiger partial charge in [-0.3, -0.25) is 5.41 Å². The monoisotopic (exact) mass is 249 g/mol. The van der Waals surface area contributed by atoms with E-state index in [1.165, 1.54) is 0 Å². The first kappa shape index (κ1) is 14.4. The molecular weight excluding hydrogens is 226 g/mol. The van der Waals surface area contributed by atoms with Gasteiger partial charge in [-0.2, -0.15) is 0 Å². The van der Waals surface area contributed by atoms with Crippen LogP contribution in [-0.2, 0) is 0 Å². The Kier molecular flexibility index (Phi) is 4.64. The van der Waals surface area contributed by atoms with Crippen LogP contribution in [0.25, 0.3) is 0 Å². The largest absolute Gasteiger partial charge is 0.388 e. The summed E-state index contributed by atoms with van der Waals surface area (Å²) in [7, 11) is 1.94. The minimum absolute atomic E-state index is 0.115. The fourth-order valence-corrected chi connectivity index (χ4v) is 1.68. The van der Waals surface area contributed by atoms with E-state index in [9.17, 15) is 0 Å². The number of nitrogens with one attached hydrogen (secondary N) is 1. The van der Waals surface area contributed by atoms with Crippen molar-refractivity contribution in [2.75, 3.05) is 11.9 Å². The van der Waals surface area contributed by atoms with Gasteiger partial charge in [-0.05, 0) is 25.8 Å². The van der Waals surface area contributed by atoms with Gasteiger partial charge in [0, 0.05) is 30.9 Å². The van der Waals surface area contributed by atoms with Crippen LogP contribution in [0.5, 0.6) is 0 Å². The standard InChI is InChI=1S/C13H23N5/c1-8(2)11-6-9(3)16-13(17-11)18(5)10(4)7-12(14)15/h6,8,10H,7H2,1-5H3,(H3,14,15). The van der Waals surface area contributed by atoms with E-state index in [0.717, 1.165) is 11.4 Å². The highest BCUT2D eigenvalue weighted by Gasteiger charge is 2.15. The molecule has 1 aromatic heterocycles. The van der Waals surface area contributed by atoms with Crippen molar-refractivity contribution in [1.29, 1.82) is 5.41 Å². The normalized spacial score (nSPS) is 12.6. The van der Waals surface area contributed by atoms with Crippen LogP contribution >= 0.6 is 0 Å². The van der Waals surface area contributed by atoms with Gasteiger partial charge in [0.15, 0.2) is 0 Å². The Morgan fingerprint density at radius 2 is 2.00 bits per heavy atom. The third kappa shape index (κ3) is 3.68. The molecule has 3 N–H and O–H groups in total. The van der Waals surface area contributed by atoms with Crippen molar-refractivity contribution in [1.82, 2.24) is 9.97 Å². The molecule has 0 amide bonds. The van der Waals surface area contributed by atoms with Crippen LogP contribution in [0.3, 0.4) is 0 Å². The number of aromatic nitrogens is 2. The summed E-state index contributed by atoms with van der Waals surface area (Å²) in [6.45, 7) is 8.22. The molecule has 0 spiro atoms. The summed E-state index contributed by atoms with van der Waals surface area (Å²) in [5.41, 5.74) is 7.44. The van der Waals surface area contributed by atoms with Gasteiger partial charge in [0.05, 0.1) is 5.84 Å². The van der Waals surface area contributed by atoms with Crippen LogP contribution in [-0.4, -0.2) is 28.9 Å². The second kappa shape index (κ2) is 5.80. The Labute approximate surface area is 109 Å². The van der Waals surface area contributed by atoms with Crippen molar-refractivity contribution in [3.05, 3.63) is 17.5 Å². The van der Waals surface area contributed by atoms with E-state index in [2.05, 4.69) is 23.8 Å². The zero-order chi connectivity index (χ0) is 13.9. The van der Waals surface area contributed by atoms with Crippen molar-refractivity contribution in [2.45, 2.75) is 46.1 Å². The summed E-state index contributed by atoms with van der Waals surface area (Å²) in [5.74, 6) is 1.26. The molecule has 0 aliphatic carbocycles. The molecule has 1 unspecified atom stereocenters. The van der Waals surface area contributed by atoms with E-state index >= 15 is 0 Å². The topological polar surface area (TPSA) is 78.9 Å². The van der Waals surface area contributed by atoms with Crippen molar-refractivity contribution in [3.8, 4) is 0 Å². The SMILES string of the molecule is Cc1cc(C(C)C)nc(N(C)C(C)CC(=N)N)n1. The lowest BCUT2D eigenvalue weighted by Gasteiger charge is -2.25. The maximum Gasteiger partial charge on any atom is 0.225 e. The maximum absolute atomic E-state index is 7.34. The lowest BCUT2D eigenvalue weighted by Crippen LogP contribution is -2.34. The summed E-state index contributed by atoms with van der Waals surface area (Å²) in [5, 5.41) is 7.34. The van der Waals surface area contributed by atoms with Crippen molar-refractivity contribution < 1.29 is 0 Å². The zero-order valence-electron chi connectivity index (χ0n) is 11.9. The highest BCUT2D eigenvalue weighted by atomic mass is 15.3. The Bertz CT molecular complexity index is 427. The van der Waals surface area contributed by atoms with E-state index in [1.807, 2.05) is 31.9 Å². The molecule has 1 heterocycles. The molecule has 0 saturated carbocycles. The second-order valence-corrected chi connectivity index (χ2v) is 5.08. The van der Waals surface area contributed by atoms with Crippen LogP contribution in [0, 0.1) is 12.3 Å². The summed E-state index contributed by atoms with van der Waals surface area (Å²) in [6, 6.07) is 2.13. The molecule has 1 rings (SSSR count). The minimum Gasteiger partial charge on any atom is -0.388 e. The summed E-state index contributed by atoms with van der Waals surface area (Å²) in [4.78, 5) is 11.0.